The quantitative estimate of drug-likeness (QED) is 0.859. The van der Waals surface area contributed by atoms with E-state index in [1.807, 2.05) is 36.4 Å². The summed E-state index contributed by atoms with van der Waals surface area (Å²) in [5, 5.41) is 4.11. The van der Waals surface area contributed by atoms with Crippen LogP contribution in [0.25, 0.3) is 12.2 Å². The fourth-order valence-corrected chi connectivity index (χ4v) is 2.67. The first-order valence-electron chi connectivity index (χ1n) is 7.18. The third kappa shape index (κ3) is 3.07. The molecule has 0 unspecified atom stereocenters. The molecule has 1 aromatic heterocycles. The monoisotopic (exact) mass is 269 g/mol. The largest absolute Gasteiger partial charge is 0.399 e. The first-order valence-corrected chi connectivity index (χ1v) is 7.18. The second kappa shape index (κ2) is 5.90. The van der Waals surface area contributed by atoms with Crippen LogP contribution in [0, 0.1) is 0 Å². The normalized spacial score (nSPS) is 16.8. The zero-order valence-corrected chi connectivity index (χ0v) is 11.5. The number of hydrogen-bond acceptors (Lipinski definition) is 4. The van der Waals surface area contributed by atoms with Crippen LogP contribution in [0.4, 0.5) is 5.69 Å². The molecule has 1 aliphatic rings. The number of nitrogens with two attached hydrogens (primary N) is 1. The van der Waals surface area contributed by atoms with Crippen LogP contribution in [-0.2, 0) is 0 Å². The van der Waals surface area contributed by atoms with Gasteiger partial charge in [0.15, 0.2) is 5.82 Å². The molecule has 0 spiro atoms. The summed E-state index contributed by atoms with van der Waals surface area (Å²) in [4.78, 5) is 4.48. The van der Waals surface area contributed by atoms with Crippen molar-refractivity contribution in [3.8, 4) is 0 Å². The van der Waals surface area contributed by atoms with Crippen molar-refractivity contribution in [1.82, 2.24) is 10.1 Å². The van der Waals surface area contributed by atoms with Gasteiger partial charge in [-0.25, -0.2) is 0 Å². The minimum Gasteiger partial charge on any atom is -0.399 e. The Labute approximate surface area is 118 Å². The number of hydrogen-bond donors (Lipinski definition) is 1. The van der Waals surface area contributed by atoms with Crippen molar-refractivity contribution in [2.24, 2.45) is 0 Å². The van der Waals surface area contributed by atoms with Gasteiger partial charge in [0.1, 0.15) is 0 Å². The molecule has 0 amide bonds. The molecule has 3 rings (SSSR count). The summed E-state index contributed by atoms with van der Waals surface area (Å²) < 4.78 is 5.29. The lowest BCUT2D eigenvalue weighted by molar-refractivity contribution is 0.376. The molecule has 2 aromatic rings. The van der Waals surface area contributed by atoms with Crippen molar-refractivity contribution in [2.75, 3.05) is 5.73 Å². The molecule has 1 aliphatic carbocycles. The van der Waals surface area contributed by atoms with Gasteiger partial charge in [-0.2, -0.15) is 4.98 Å². The van der Waals surface area contributed by atoms with Crippen LogP contribution in [0.5, 0.6) is 0 Å². The third-order valence-corrected chi connectivity index (χ3v) is 3.76. The first-order chi connectivity index (χ1) is 9.81. The standard InChI is InChI=1S/C16H19N3O/c17-14-8-4-5-12(11-14)9-10-15-18-16(19-20-15)13-6-2-1-3-7-13/h4-5,8-11,13H,1-3,6-7,17H2/b10-9+. The summed E-state index contributed by atoms with van der Waals surface area (Å²) in [6.45, 7) is 0. The highest BCUT2D eigenvalue weighted by molar-refractivity contribution is 5.67. The zero-order valence-electron chi connectivity index (χ0n) is 11.5. The molecular weight excluding hydrogens is 250 g/mol. The fraction of sp³-hybridized carbons (Fsp3) is 0.375. The number of aromatic nitrogens is 2. The van der Waals surface area contributed by atoms with E-state index in [9.17, 15) is 0 Å². The number of nitrogens with zero attached hydrogens (tertiary/aromatic N) is 2. The van der Waals surface area contributed by atoms with Crippen LogP contribution < -0.4 is 5.73 Å². The molecule has 0 saturated heterocycles. The van der Waals surface area contributed by atoms with E-state index in [4.69, 9.17) is 10.3 Å². The van der Waals surface area contributed by atoms with Gasteiger partial charge >= 0.3 is 0 Å². The number of rotatable bonds is 3. The van der Waals surface area contributed by atoms with Crippen LogP contribution in [-0.4, -0.2) is 10.1 Å². The summed E-state index contributed by atoms with van der Waals surface area (Å²) in [6, 6.07) is 7.70. The van der Waals surface area contributed by atoms with Crippen molar-refractivity contribution >= 4 is 17.8 Å². The Kier molecular flexibility index (Phi) is 3.81. The summed E-state index contributed by atoms with van der Waals surface area (Å²) in [7, 11) is 0. The van der Waals surface area contributed by atoms with Crippen LogP contribution in [0.2, 0.25) is 0 Å². The maximum Gasteiger partial charge on any atom is 0.250 e. The van der Waals surface area contributed by atoms with Crippen molar-refractivity contribution in [2.45, 2.75) is 38.0 Å². The third-order valence-electron chi connectivity index (χ3n) is 3.76. The summed E-state index contributed by atoms with van der Waals surface area (Å²) >= 11 is 0. The number of anilines is 1. The van der Waals surface area contributed by atoms with E-state index in [-0.39, 0.29) is 0 Å². The van der Waals surface area contributed by atoms with Gasteiger partial charge in [0.2, 0.25) is 0 Å². The van der Waals surface area contributed by atoms with Gasteiger partial charge in [-0.15, -0.1) is 0 Å². The Hall–Kier alpha value is -2.10. The van der Waals surface area contributed by atoms with Gasteiger partial charge in [0.25, 0.3) is 5.89 Å². The van der Waals surface area contributed by atoms with Crippen molar-refractivity contribution in [3.63, 3.8) is 0 Å². The predicted molar refractivity (Wildman–Crippen MR) is 79.9 cm³/mol. The van der Waals surface area contributed by atoms with Gasteiger partial charge < -0.3 is 10.3 Å². The molecule has 0 atom stereocenters. The second-order valence-corrected chi connectivity index (χ2v) is 5.33. The van der Waals surface area contributed by atoms with E-state index >= 15 is 0 Å². The van der Waals surface area contributed by atoms with Crippen LogP contribution in [0.3, 0.4) is 0 Å². The molecule has 4 nitrogen and oxygen atoms in total. The lowest BCUT2D eigenvalue weighted by atomic mass is 9.89. The Bertz CT molecular complexity index is 597. The number of nitrogen functional groups attached to an aromatic ring is 1. The molecule has 20 heavy (non-hydrogen) atoms. The molecule has 0 aliphatic heterocycles. The van der Waals surface area contributed by atoms with E-state index in [1.54, 1.807) is 0 Å². The Morgan fingerprint density at radius 1 is 1.15 bits per heavy atom. The van der Waals surface area contributed by atoms with E-state index in [1.165, 1.54) is 32.1 Å². The highest BCUT2D eigenvalue weighted by atomic mass is 16.5. The van der Waals surface area contributed by atoms with Gasteiger partial charge in [-0.05, 0) is 36.6 Å². The molecule has 104 valence electrons. The van der Waals surface area contributed by atoms with E-state index in [0.29, 0.717) is 11.8 Å². The molecule has 0 bridgehead atoms. The van der Waals surface area contributed by atoms with Crippen LogP contribution >= 0.6 is 0 Å². The maximum absolute atomic E-state index is 5.74. The average Bonchev–Trinajstić information content (AvgIpc) is 2.95. The smallest absolute Gasteiger partial charge is 0.250 e. The fourth-order valence-electron chi connectivity index (χ4n) is 2.67. The van der Waals surface area contributed by atoms with Gasteiger partial charge in [0, 0.05) is 17.7 Å². The van der Waals surface area contributed by atoms with Crippen molar-refractivity contribution in [3.05, 3.63) is 41.5 Å². The van der Waals surface area contributed by atoms with E-state index in [2.05, 4.69) is 10.1 Å². The van der Waals surface area contributed by atoms with E-state index < -0.39 is 0 Å². The lowest BCUT2D eigenvalue weighted by Crippen LogP contribution is -2.06. The topological polar surface area (TPSA) is 64.9 Å². The van der Waals surface area contributed by atoms with Gasteiger partial charge in [-0.1, -0.05) is 36.6 Å². The molecule has 1 aromatic carbocycles. The summed E-state index contributed by atoms with van der Waals surface area (Å²) in [5.74, 6) is 1.90. The van der Waals surface area contributed by atoms with Crippen LogP contribution in [0.1, 0.15) is 55.3 Å². The van der Waals surface area contributed by atoms with Gasteiger partial charge in [-0.3, -0.25) is 0 Å². The van der Waals surface area contributed by atoms with Crippen LogP contribution in [0.15, 0.2) is 28.8 Å². The van der Waals surface area contributed by atoms with Gasteiger partial charge in [0.05, 0.1) is 0 Å². The Balaban J connectivity index is 1.70. The second-order valence-electron chi connectivity index (χ2n) is 5.33. The SMILES string of the molecule is Nc1cccc(/C=C/c2nc(C3CCCCC3)no2)c1. The molecule has 1 heterocycles. The van der Waals surface area contributed by atoms with E-state index in [0.717, 1.165) is 17.1 Å². The number of benzene rings is 1. The van der Waals surface area contributed by atoms with Crippen molar-refractivity contribution < 1.29 is 4.52 Å². The van der Waals surface area contributed by atoms with Crippen molar-refractivity contribution in [1.29, 1.82) is 0 Å². The molecule has 1 fully saturated rings. The summed E-state index contributed by atoms with van der Waals surface area (Å²) in [6.07, 6.45) is 10.0. The maximum atomic E-state index is 5.74. The predicted octanol–water partition coefficient (Wildman–Crippen LogP) is 3.87. The highest BCUT2D eigenvalue weighted by Gasteiger charge is 2.20. The molecular formula is C16H19N3O. The Morgan fingerprint density at radius 2 is 2.00 bits per heavy atom. The molecule has 1 saturated carbocycles. The lowest BCUT2D eigenvalue weighted by Gasteiger charge is -2.17. The molecule has 2 N–H and O–H groups in total. The average molecular weight is 269 g/mol. The molecule has 0 radical (unpaired) electrons. The first kappa shape index (κ1) is 12.9. The summed E-state index contributed by atoms with van der Waals surface area (Å²) in [5.41, 5.74) is 7.52. The highest BCUT2D eigenvalue weighted by Crippen LogP contribution is 2.30. The zero-order chi connectivity index (χ0) is 13.8. The minimum atomic E-state index is 0.474. The molecule has 4 heteroatoms. The minimum absolute atomic E-state index is 0.474. The Morgan fingerprint density at radius 3 is 2.80 bits per heavy atom.